The number of nitrogens with two attached hydrogens (primary N) is 1. The van der Waals surface area contributed by atoms with Crippen LogP contribution in [0.15, 0.2) is 59.5 Å². The van der Waals surface area contributed by atoms with Gasteiger partial charge in [-0.25, -0.2) is 4.98 Å². The molecule has 0 aliphatic rings. The van der Waals surface area contributed by atoms with Gasteiger partial charge in [0.1, 0.15) is 0 Å². The number of halogens is 2. The van der Waals surface area contributed by atoms with Gasteiger partial charge in [0.15, 0.2) is 0 Å². The molecule has 1 aromatic heterocycles. The molecule has 7 heteroatoms. The zero-order valence-corrected chi connectivity index (χ0v) is 16.5. The van der Waals surface area contributed by atoms with Crippen LogP contribution in [0.1, 0.15) is 6.99 Å². The number of amides is 1. The van der Waals surface area contributed by atoms with Crippen molar-refractivity contribution in [2.75, 3.05) is 5.32 Å². The molecular formula is C19H20BrClN4O. The summed E-state index contributed by atoms with van der Waals surface area (Å²) >= 11 is 9.57. The lowest BCUT2D eigenvalue weighted by Gasteiger charge is -2.14. The van der Waals surface area contributed by atoms with Crippen LogP contribution < -0.4 is 11.1 Å². The van der Waals surface area contributed by atoms with Gasteiger partial charge in [0.25, 0.3) is 0 Å². The van der Waals surface area contributed by atoms with Gasteiger partial charge in [-0.15, -0.1) is 0 Å². The lowest BCUT2D eigenvalue weighted by molar-refractivity contribution is -0.117. The van der Waals surface area contributed by atoms with Crippen LogP contribution in [-0.2, 0) is 18.3 Å². The normalized spacial score (nSPS) is 12.0. The van der Waals surface area contributed by atoms with Gasteiger partial charge >= 0.3 is 0 Å². The molecule has 0 aliphatic heterocycles. The fourth-order valence-electron chi connectivity index (χ4n) is 2.62. The maximum atomic E-state index is 12.4. The number of anilines is 1. The zero-order chi connectivity index (χ0) is 18.7. The number of aryl methyl sites for hydroxylation is 1. The Balaban J connectivity index is 0.00000261. The summed E-state index contributed by atoms with van der Waals surface area (Å²) in [5, 5.41) is 3.44. The van der Waals surface area contributed by atoms with Crippen molar-refractivity contribution in [3.63, 3.8) is 0 Å². The van der Waals surface area contributed by atoms with Crippen LogP contribution in [0.25, 0.3) is 11.3 Å². The largest absolute Gasteiger partial charge is 0.334 e. The lowest BCUT2D eigenvalue weighted by atomic mass is 10.1. The Hall–Kier alpha value is -2.15. The van der Waals surface area contributed by atoms with E-state index in [9.17, 15) is 4.79 Å². The Morgan fingerprint density at radius 2 is 2.08 bits per heavy atom. The summed E-state index contributed by atoms with van der Waals surface area (Å²) < 4.78 is 2.83. The molecule has 3 rings (SSSR count). The third-order valence-corrected chi connectivity index (χ3v) is 4.91. The number of benzene rings is 2. The second-order valence-corrected chi connectivity index (χ2v) is 7.33. The highest BCUT2D eigenvalue weighted by Gasteiger charge is 2.16. The zero-order valence-electron chi connectivity index (χ0n) is 14.1. The van der Waals surface area contributed by atoms with Gasteiger partial charge < -0.3 is 15.6 Å². The second kappa shape index (κ2) is 8.03. The summed E-state index contributed by atoms with van der Waals surface area (Å²) in [6.45, 7) is 0. The van der Waals surface area contributed by atoms with Crippen LogP contribution in [0.4, 0.5) is 5.69 Å². The van der Waals surface area contributed by atoms with Crippen molar-refractivity contribution in [3.05, 3.63) is 70.0 Å². The molecule has 0 fully saturated rings. The van der Waals surface area contributed by atoms with E-state index in [4.69, 9.17) is 17.3 Å². The number of hydrogen-bond donors (Lipinski definition) is 2. The van der Waals surface area contributed by atoms with E-state index in [0.717, 1.165) is 21.3 Å². The molecule has 2 aromatic carbocycles. The highest BCUT2D eigenvalue weighted by atomic mass is 79.9. The third kappa shape index (κ3) is 4.33. The number of hydrogen-bond acceptors (Lipinski definition) is 3. The fraction of sp³-hybridized carbons (Fsp3) is 0.158. The summed E-state index contributed by atoms with van der Waals surface area (Å²) in [5.74, 6) is -0.255. The van der Waals surface area contributed by atoms with Crippen molar-refractivity contribution in [2.45, 2.75) is 12.5 Å². The van der Waals surface area contributed by atoms with Gasteiger partial charge in [-0.2, -0.15) is 0 Å². The van der Waals surface area contributed by atoms with Crippen molar-refractivity contribution >= 4 is 39.1 Å². The number of rotatable bonds is 5. The molecule has 0 aliphatic carbocycles. The van der Waals surface area contributed by atoms with E-state index in [0.29, 0.717) is 17.1 Å². The molecule has 0 radical (unpaired) electrons. The van der Waals surface area contributed by atoms with Crippen LogP contribution in [-0.4, -0.2) is 21.5 Å². The molecule has 3 N–H and O–H groups in total. The standard InChI is InChI=1S/C19H18BrClN4O.H2/c1-25-11-23-10-18(25)12-2-5-15(6-3-12)24-19(26)17(22)9-13-8-14(20)4-7-16(13)21;/h2-8,10-11,17H,9,22H2,1H3,(H,24,26);1H/t17-;/m0./s1. The van der Waals surface area contributed by atoms with Crippen molar-refractivity contribution in [1.82, 2.24) is 9.55 Å². The van der Waals surface area contributed by atoms with Gasteiger partial charge in [-0.05, 0) is 47.9 Å². The minimum atomic E-state index is -0.696. The maximum Gasteiger partial charge on any atom is 0.241 e. The summed E-state index contributed by atoms with van der Waals surface area (Å²) in [7, 11) is 1.93. The molecule has 0 unspecified atom stereocenters. The van der Waals surface area contributed by atoms with E-state index in [2.05, 4.69) is 26.2 Å². The van der Waals surface area contributed by atoms with Gasteiger partial charge in [0.2, 0.25) is 5.91 Å². The predicted molar refractivity (Wildman–Crippen MR) is 110 cm³/mol. The van der Waals surface area contributed by atoms with Crippen molar-refractivity contribution in [1.29, 1.82) is 0 Å². The average Bonchev–Trinajstić information content (AvgIpc) is 3.04. The van der Waals surface area contributed by atoms with Gasteiger partial charge in [0, 0.05) is 23.7 Å². The van der Waals surface area contributed by atoms with E-state index in [1.165, 1.54) is 0 Å². The second-order valence-electron chi connectivity index (χ2n) is 6.00. The Kier molecular flexibility index (Phi) is 5.76. The summed E-state index contributed by atoms with van der Waals surface area (Å²) in [5.41, 5.74) is 9.59. The monoisotopic (exact) mass is 434 g/mol. The number of aromatic nitrogens is 2. The number of nitrogens with zero attached hydrogens (tertiary/aromatic N) is 2. The summed E-state index contributed by atoms with van der Waals surface area (Å²) in [6.07, 6.45) is 3.90. The number of carbonyl (C=O) groups is 1. The molecule has 3 aromatic rings. The first-order valence-electron chi connectivity index (χ1n) is 8.01. The minimum Gasteiger partial charge on any atom is -0.334 e. The van der Waals surface area contributed by atoms with Crippen molar-refractivity contribution in [3.8, 4) is 11.3 Å². The third-order valence-electron chi connectivity index (χ3n) is 4.05. The first-order chi connectivity index (χ1) is 12.4. The Morgan fingerprint density at radius 3 is 2.73 bits per heavy atom. The van der Waals surface area contributed by atoms with Crippen LogP contribution in [0, 0.1) is 0 Å². The molecule has 0 bridgehead atoms. The quantitative estimate of drug-likeness (QED) is 0.629. The summed E-state index contributed by atoms with van der Waals surface area (Å²) in [4.78, 5) is 16.5. The Morgan fingerprint density at radius 1 is 1.35 bits per heavy atom. The number of nitrogens with one attached hydrogen (secondary N) is 1. The molecular weight excluding hydrogens is 416 g/mol. The van der Waals surface area contributed by atoms with Crippen LogP contribution in [0.5, 0.6) is 0 Å². The van der Waals surface area contributed by atoms with Crippen molar-refractivity contribution < 1.29 is 6.22 Å². The van der Waals surface area contributed by atoms with Crippen LogP contribution >= 0.6 is 27.5 Å². The molecule has 26 heavy (non-hydrogen) atoms. The molecule has 1 heterocycles. The average molecular weight is 436 g/mol. The number of carbonyl (C=O) groups excluding carboxylic acids is 1. The van der Waals surface area contributed by atoms with Gasteiger partial charge in [0.05, 0.1) is 24.3 Å². The number of imidazole rings is 1. The molecule has 136 valence electrons. The topological polar surface area (TPSA) is 72.9 Å². The van der Waals surface area contributed by atoms with Gasteiger partial charge in [-0.1, -0.05) is 39.7 Å². The smallest absolute Gasteiger partial charge is 0.241 e. The van der Waals surface area contributed by atoms with Crippen LogP contribution in [0.2, 0.25) is 5.02 Å². The first kappa shape index (κ1) is 18.6. The molecule has 5 nitrogen and oxygen atoms in total. The SMILES string of the molecule is Cn1cncc1-c1ccc(NC(=O)[C@@H](N)Cc2cc(Br)ccc2Cl)cc1.[HH]. The fourth-order valence-corrected chi connectivity index (χ4v) is 3.23. The van der Waals surface area contributed by atoms with Gasteiger partial charge in [-0.3, -0.25) is 4.79 Å². The Labute approximate surface area is 166 Å². The minimum absolute atomic E-state index is 0. The predicted octanol–water partition coefficient (Wildman–Crippen LogP) is 4.26. The van der Waals surface area contributed by atoms with E-state index in [-0.39, 0.29) is 7.33 Å². The van der Waals surface area contributed by atoms with Crippen LogP contribution in [0.3, 0.4) is 0 Å². The Bertz CT molecular complexity index is 930. The van der Waals surface area contributed by atoms with Crippen molar-refractivity contribution in [2.24, 2.45) is 12.8 Å². The molecule has 1 atom stereocenters. The molecule has 0 saturated carbocycles. The molecule has 1 amide bonds. The van der Waals surface area contributed by atoms with E-state index < -0.39 is 6.04 Å². The highest BCUT2D eigenvalue weighted by Crippen LogP contribution is 2.23. The highest BCUT2D eigenvalue weighted by molar-refractivity contribution is 9.10. The van der Waals surface area contributed by atoms with E-state index in [1.54, 1.807) is 18.6 Å². The maximum absolute atomic E-state index is 12.4. The molecule has 0 saturated heterocycles. The molecule has 0 spiro atoms. The lowest BCUT2D eigenvalue weighted by Crippen LogP contribution is -2.37. The van der Waals surface area contributed by atoms with E-state index >= 15 is 0 Å². The first-order valence-corrected chi connectivity index (χ1v) is 9.18. The summed E-state index contributed by atoms with van der Waals surface area (Å²) in [6, 6.07) is 12.4. The van der Waals surface area contributed by atoms with E-state index in [1.807, 2.05) is 48.0 Å².